The number of fused-ring (bicyclic) bond motifs is 1. The first-order valence-corrected chi connectivity index (χ1v) is 8.74. The smallest absolute Gasteiger partial charge is 0.258 e. The van der Waals surface area contributed by atoms with Gasteiger partial charge in [0.15, 0.2) is 6.61 Å². The lowest BCUT2D eigenvalue weighted by Crippen LogP contribution is -2.28. The predicted octanol–water partition coefficient (Wildman–Crippen LogP) is 4.32. The summed E-state index contributed by atoms with van der Waals surface area (Å²) >= 11 is 0. The van der Waals surface area contributed by atoms with Crippen LogP contribution in [-0.4, -0.2) is 18.6 Å². The van der Waals surface area contributed by atoms with Gasteiger partial charge in [0.2, 0.25) is 0 Å². The molecule has 0 aliphatic rings. The van der Waals surface area contributed by atoms with Gasteiger partial charge in [-0.1, -0.05) is 42.5 Å². The molecule has 4 heteroatoms. The number of benzene rings is 3. The average Bonchev–Trinajstić information content (AvgIpc) is 2.65. The highest BCUT2D eigenvalue weighted by molar-refractivity contribution is 5.84. The van der Waals surface area contributed by atoms with Gasteiger partial charge in [-0.15, -0.1) is 0 Å². The second kappa shape index (κ2) is 8.39. The first-order chi connectivity index (χ1) is 12.6. The fourth-order valence-electron chi connectivity index (χ4n) is 2.62. The molecule has 0 bridgehead atoms. The summed E-state index contributed by atoms with van der Waals surface area (Å²) in [4.78, 5) is 12.0. The highest BCUT2D eigenvalue weighted by atomic mass is 16.5. The fourth-order valence-corrected chi connectivity index (χ4v) is 2.62. The molecule has 0 radical (unpaired) electrons. The number of hydrogen-bond donors (Lipinski definition) is 1. The number of carbonyl (C=O) groups excluding carboxylic acids is 1. The number of carbonyl (C=O) groups is 1. The SMILES string of the molecule is CC(C)Oc1ccc(CNC(=O)COc2ccc3ccccc3c2)cc1. The largest absolute Gasteiger partial charge is 0.491 e. The van der Waals surface area contributed by atoms with Crippen molar-refractivity contribution in [3.63, 3.8) is 0 Å². The van der Waals surface area contributed by atoms with Crippen LogP contribution in [0.3, 0.4) is 0 Å². The van der Waals surface area contributed by atoms with E-state index in [0.717, 1.165) is 22.1 Å². The molecule has 1 amide bonds. The quantitative estimate of drug-likeness (QED) is 0.691. The molecule has 0 fully saturated rings. The molecular formula is C22H23NO3. The van der Waals surface area contributed by atoms with E-state index in [9.17, 15) is 4.79 Å². The zero-order chi connectivity index (χ0) is 18.4. The van der Waals surface area contributed by atoms with Crippen molar-refractivity contribution in [1.29, 1.82) is 0 Å². The topological polar surface area (TPSA) is 47.6 Å². The molecule has 0 atom stereocenters. The van der Waals surface area contributed by atoms with Crippen LogP contribution in [0.4, 0.5) is 0 Å². The summed E-state index contributed by atoms with van der Waals surface area (Å²) in [6.07, 6.45) is 0.146. The molecule has 134 valence electrons. The molecule has 3 rings (SSSR count). The van der Waals surface area contributed by atoms with Crippen molar-refractivity contribution in [1.82, 2.24) is 5.32 Å². The van der Waals surface area contributed by atoms with E-state index in [1.165, 1.54) is 0 Å². The number of amides is 1. The molecule has 0 aliphatic heterocycles. The molecule has 4 nitrogen and oxygen atoms in total. The van der Waals surface area contributed by atoms with Gasteiger partial charge in [0.25, 0.3) is 5.91 Å². The van der Waals surface area contributed by atoms with E-state index in [0.29, 0.717) is 12.3 Å². The Balaban J connectivity index is 1.47. The molecule has 0 aliphatic carbocycles. The number of hydrogen-bond acceptors (Lipinski definition) is 3. The Labute approximate surface area is 153 Å². The minimum Gasteiger partial charge on any atom is -0.491 e. The summed E-state index contributed by atoms with van der Waals surface area (Å²) in [6.45, 7) is 4.43. The van der Waals surface area contributed by atoms with Crippen molar-refractivity contribution in [2.24, 2.45) is 0 Å². The van der Waals surface area contributed by atoms with Gasteiger partial charge in [0.1, 0.15) is 11.5 Å². The minimum atomic E-state index is -0.152. The third-order valence-corrected chi connectivity index (χ3v) is 3.88. The maximum Gasteiger partial charge on any atom is 0.258 e. The molecule has 0 saturated heterocycles. The lowest BCUT2D eigenvalue weighted by molar-refractivity contribution is -0.123. The zero-order valence-electron chi connectivity index (χ0n) is 15.1. The Kier molecular flexibility index (Phi) is 5.74. The van der Waals surface area contributed by atoms with E-state index >= 15 is 0 Å². The summed E-state index contributed by atoms with van der Waals surface area (Å²) in [5.74, 6) is 1.37. The lowest BCUT2D eigenvalue weighted by Gasteiger charge is -2.11. The van der Waals surface area contributed by atoms with Crippen molar-refractivity contribution >= 4 is 16.7 Å². The van der Waals surface area contributed by atoms with Gasteiger partial charge in [-0.3, -0.25) is 4.79 Å². The van der Waals surface area contributed by atoms with Gasteiger partial charge < -0.3 is 14.8 Å². The van der Waals surface area contributed by atoms with Crippen molar-refractivity contribution in [3.05, 3.63) is 72.3 Å². The summed E-state index contributed by atoms with van der Waals surface area (Å²) in [6, 6.07) is 21.6. The first kappa shape index (κ1) is 17.8. The molecule has 1 N–H and O–H groups in total. The first-order valence-electron chi connectivity index (χ1n) is 8.74. The van der Waals surface area contributed by atoms with E-state index in [-0.39, 0.29) is 18.6 Å². The van der Waals surface area contributed by atoms with Crippen LogP contribution in [-0.2, 0) is 11.3 Å². The van der Waals surface area contributed by atoms with Crippen LogP contribution in [0, 0.1) is 0 Å². The van der Waals surface area contributed by atoms with Gasteiger partial charge in [-0.2, -0.15) is 0 Å². The van der Waals surface area contributed by atoms with Crippen molar-refractivity contribution in [3.8, 4) is 11.5 Å². The third-order valence-electron chi connectivity index (χ3n) is 3.88. The van der Waals surface area contributed by atoms with E-state index in [1.807, 2.05) is 80.6 Å². The highest BCUT2D eigenvalue weighted by Gasteiger charge is 2.04. The number of rotatable bonds is 7. The Bertz CT molecular complexity index is 872. The lowest BCUT2D eigenvalue weighted by atomic mass is 10.1. The summed E-state index contributed by atoms with van der Waals surface area (Å²) in [5, 5.41) is 5.10. The van der Waals surface area contributed by atoms with Gasteiger partial charge in [0.05, 0.1) is 6.10 Å². The van der Waals surface area contributed by atoms with Crippen LogP contribution >= 0.6 is 0 Å². The maximum atomic E-state index is 12.0. The van der Waals surface area contributed by atoms with Crippen LogP contribution in [0.25, 0.3) is 10.8 Å². The molecule has 0 aromatic heterocycles. The van der Waals surface area contributed by atoms with E-state index in [4.69, 9.17) is 9.47 Å². The highest BCUT2D eigenvalue weighted by Crippen LogP contribution is 2.20. The van der Waals surface area contributed by atoms with Crippen LogP contribution < -0.4 is 14.8 Å². The van der Waals surface area contributed by atoms with Gasteiger partial charge in [0, 0.05) is 6.54 Å². The molecule has 26 heavy (non-hydrogen) atoms. The normalized spacial score (nSPS) is 10.7. The standard InChI is InChI=1S/C22H23NO3/c1-16(2)26-20-10-7-17(8-11-20)14-23-22(24)15-25-21-12-9-18-5-3-4-6-19(18)13-21/h3-13,16H,14-15H2,1-2H3,(H,23,24). The summed E-state index contributed by atoms with van der Waals surface area (Å²) in [5.41, 5.74) is 1.01. The van der Waals surface area contributed by atoms with Gasteiger partial charge in [-0.05, 0) is 54.4 Å². The fraction of sp³-hybridized carbons (Fsp3) is 0.227. The Morgan fingerprint density at radius 2 is 1.62 bits per heavy atom. The van der Waals surface area contributed by atoms with E-state index < -0.39 is 0 Å². The van der Waals surface area contributed by atoms with Gasteiger partial charge >= 0.3 is 0 Å². The molecule has 3 aromatic carbocycles. The molecule has 3 aromatic rings. The second-order valence-corrected chi connectivity index (χ2v) is 6.38. The van der Waals surface area contributed by atoms with Crippen LogP contribution in [0.15, 0.2) is 66.7 Å². The van der Waals surface area contributed by atoms with Gasteiger partial charge in [-0.25, -0.2) is 0 Å². The monoisotopic (exact) mass is 349 g/mol. The van der Waals surface area contributed by atoms with E-state index in [2.05, 4.69) is 5.32 Å². The number of nitrogens with one attached hydrogen (secondary N) is 1. The van der Waals surface area contributed by atoms with Crippen LogP contribution in [0.1, 0.15) is 19.4 Å². The third kappa shape index (κ3) is 4.99. The predicted molar refractivity (Wildman–Crippen MR) is 103 cm³/mol. The van der Waals surface area contributed by atoms with Crippen molar-refractivity contribution < 1.29 is 14.3 Å². The zero-order valence-corrected chi connectivity index (χ0v) is 15.1. The molecule has 0 unspecified atom stereocenters. The Morgan fingerprint density at radius 1 is 0.923 bits per heavy atom. The second-order valence-electron chi connectivity index (χ2n) is 6.38. The minimum absolute atomic E-state index is 0.00706. The molecule has 0 saturated carbocycles. The average molecular weight is 349 g/mol. The summed E-state index contributed by atoms with van der Waals surface area (Å²) in [7, 11) is 0. The Morgan fingerprint density at radius 3 is 2.35 bits per heavy atom. The van der Waals surface area contributed by atoms with E-state index in [1.54, 1.807) is 0 Å². The van der Waals surface area contributed by atoms with Crippen LogP contribution in [0.5, 0.6) is 11.5 Å². The summed E-state index contributed by atoms with van der Waals surface area (Å²) < 4.78 is 11.2. The van der Waals surface area contributed by atoms with Crippen LogP contribution in [0.2, 0.25) is 0 Å². The molecular weight excluding hydrogens is 326 g/mol. The molecule has 0 heterocycles. The molecule has 0 spiro atoms. The van der Waals surface area contributed by atoms with Crippen molar-refractivity contribution in [2.75, 3.05) is 6.61 Å². The maximum absolute atomic E-state index is 12.0. The number of ether oxygens (including phenoxy) is 2. The van der Waals surface area contributed by atoms with Crippen molar-refractivity contribution in [2.45, 2.75) is 26.5 Å². The Hall–Kier alpha value is -3.01.